The minimum atomic E-state index is -0.0736. The maximum Gasteiger partial charge on any atom is 0.231 e. The van der Waals surface area contributed by atoms with E-state index in [1.165, 1.54) is 11.3 Å². The van der Waals surface area contributed by atoms with E-state index in [4.69, 9.17) is 9.47 Å². The van der Waals surface area contributed by atoms with Crippen molar-refractivity contribution in [3.63, 3.8) is 0 Å². The highest BCUT2D eigenvalue weighted by molar-refractivity contribution is 7.13. The highest BCUT2D eigenvalue weighted by Gasteiger charge is 2.14. The number of ether oxygens (including phenoxy) is 2. The molecule has 25 heavy (non-hydrogen) atoms. The number of benzene rings is 1. The number of carbonyl (C=O) groups is 1. The van der Waals surface area contributed by atoms with Gasteiger partial charge >= 0.3 is 0 Å². The molecule has 0 spiro atoms. The second kappa shape index (κ2) is 6.90. The Bertz CT molecular complexity index is 896. The zero-order chi connectivity index (χ0) is 17.1. The van der Waals surface area contributed by atoms with Gasteiger partial charge in [0.05, 0.1) is 17.8 Å². The van der Waals surface area contributed by atoms with E-state index in [0.29, 0.717) is 12.3 Å². The fourth-order valence-electron chi connectivity index (χ4n) is 2.47. The van der Waals surface area contributed by atoms with Crippen molar-refractivity contribution >= 4 is 17.2 Å². The van der Waals surface area contributed by atoms with Gasteiger partial charge in [0, 0.05) is 18.1 Å². The van der Waals surface area contributed by atoms with Crippen molar-refractivity contribution in [2.45, 2.75) is 13.0 Å². The summed E-state index contributed by atoms with van der Waals surface area (Å²) in [5, 5.41) is 5.61. The average Bonchev–Trinajstić information content (AvgIpc) is 3.29. The van der Waals surface area contributed by atoms with E-state index >= 15 is 0 Å². The number of hydrogen-bond donors (Lipinski definition) is 1. The van der Waals surface area contributed by atoms with E-state index in [1.807, 2.05) is 41.8 Å². The molecule has 0 saturated carbocycles. The Hall–Kier alpha value is -2.93. The Kier molecular flexibility index (Phi) is 4.30. The van der Waals surface area contributed by atoms with Crippen LogP contribution in [0.1, 0.15) is 11.3 Å². The molecule has 1 amide bonds. The zero-order valence-corrected chi connectivity index (χ0v) is 14.1. The third-order valence-corrected chi connectivity index (χ3v) is 4.62. The van der Waals surface area contributed by atoms with Gasteiger partial charge in [-0.15, -0.1) is 11.3 Å². The predicted octanol–water partition coefficient (Wildman–Crippen LogP) is 2.79. The molecule has 1 aromatic carbocycles. The van der Waals surface area contributed by atoms with Gasteiger partial charge < -0.3 is 14.8 Å². The van der Waals surface area contributed by atoms with Gasteiger partial charge in [-0.3, -0.25) is 9.78 Å². The minimum Gasteiger partial charge on any atom is -0.454 e. The minimum absolute atomic E-state index is 0.0736. The number of amides is 1. The fraction of sp³-hybridized carbons (Fsp3) is 0.167. The lowest BCUT2D eigenvalue weighted by molar-refractivity contribution is -0.120. The molecule has 1 aliphatic heterocycles. The van der Waals surface area contributed by atoms with Gasteiger partial charge in [-0.05, 0) is 29.8 Å². The van der Waals surface area contributed by atoms with Crippen molar-refractivity contribution in [3.05, 3.63) is 59.2 Å². The van der Waals surface area contributed by atoms with Crippen LogP contribution in [0.25, 0.3) is 10.7 Å². The van der Waals surface area contributed by atoms with Gasteiger partial charge in [-0.25, -0.2) is 4.98 Å². The number of aromatic nitrogens is 2. The molecular formula is C18H15N3O3S. The van der Waals surface area contributed by atoms with Crippen LogP contribution in [0.3, 0.4) is 0 Å². The van der Waals surface area contributed by atoms with Crippen molar-refractivity contribution in [2.24, 2.45) is 0 Å². The van der Waals surface area contributed by atoms with Gasteiger partial charge in [-0.1, -0.05) is 12.1 Å². The Morgan fingerprint density at radius 3 is 3.00 bits per heavy atom. The number of thiazole rings is 1. The third kappa shape index (κ3) is 3.61. The first-order valence-corrected chi connectivity index (χ1v) is 8.67. The molecule has 3 aromatic rings. The van der Waals surface area contributed by atoms with Gasteiger partial charge in [0.25, 0.3) is 0 Å². The largest absolute Gasteiger partial charge is 0.454 e. The molecule has 1 aliphatic rings. The first-order chi connectivity index (χ1) is 12.3. The summed E-state index contributed by atoms with van der Waals surface area (Å²) in [4.78, 5) is 20.9. The summed E-state index contributed by atoms with van der Waals surface area (Å²) in [6, 6.07) is 11.3. The lowest BCUT2D eigenvalue weighted by atomic mass is 10.2. The molecule has 3 heterocycles. The molecule has 126 valence electrons. The van der Waals surface area contributed by atoms with E-state index in [2.05, 4.69) is 15.3 Å². The van der Waals surface area contributed by atoms with Crippen molar-refractivity contribution in [3.8, 4) is 22.2 Å². The van der Waals surface area contributed by atoms with E-state index in [0.717, 1.165) is 27.7 Å². The average molecular weight is 353 g/mol. The highest BCUT2D eigenvalue weighted by Crippen LogP contribution is 2.32. The van der Waals surface area contributed by atoms with Crippen LogP contribution in [0.2, 0.25) is 0 Å². The number of pyridine rings is 1. The number of rotatable bonds is 5. The summed E-state index contributed by atoms with van der Waals surface area (Å²) in [7, 11) is 0. The van der Waals surface area contributed by atoms with Crippen molar-refractivity contribution < 1.29 is 14.3 Å². The SMILES string of the molecule is O=C(Cc1csc(-c2ccccn2)n1)NCc1ccc2c(c1)OCO2. The van der Waals surface area contributed by atoms with Crippen LogP contribution in [0.5, 0.6) is 11.5 Å². The lowest BCUT2D eigenvalue weighted by Gasteiger charge is -2.05. The maximum absolute atomic E-state index is 12.1. The van der Waals surface area contributed by atoms with Gasteiger partial charge in [0.1, 0.15) is 5.01 Å². The Balaban J connectivity index is 1.34. The normalized spacial score (nSPS) is 12.2. The number of nitrogens with one attached hydrogen (secondary N) is 1. The van der Waals surface area contributed by atoms with Gasteiger partial charge in [0.2, 0.25) is 12.7 Å². The first-order valence-electron chi connectivity index (χ1n) is 7.79. The molecule has 0 fully saturated rings. The second-order valence-electron chi connectivity index (χ2n) is 5.50. The summed E-state index contributed by atoms with van der Waals surface area (Å²) >= 11 is 1.49. The Labute approximate surface area is 148 Å². The lowest BCUT2D eigenvalue weighted by Crippen LogP contribution is -2.24. The summed E-state index contributed by atoms with van der Waals surface area (Å²) < 4.78 is 10.6. The van der Waals surface area contributed by atoms with Crippen LogP contribution in [0.4, 0.5) is 0 Å². The monoisotopic (exact) mass is 353 g/mol. The molecule has 0 unspecified atom stereocenters. The summed E-state index contributed by atoms with van der Waals surface area (Å²) in [5.74, 6) is 1.38. The van der Waals surface area contributed by atoms with Crippen molar-refractivity contribution in [1.29, 1.82) is 0 Å². The van der Waals surface area contributed by atoms with E-state index in [-0.39, 0.29) is 19.1 Å². The molecule has 2 aromatic heterocycles. The van der Waals surface area contributed by atoms with E-state index < -0.39 is 0 Å². The van der Waals surface area contributed by atoms with Gasteiger partial charge in [-0.2, -0.15) is 0 Å². The number of fused-ring (bicyclic) bond motifs is 1. The molecule has 6 nitrogen and oxygen atoms in total. The third-order valence-electron chi connectivity index (χ3n) is 3.70. The van der Waals surface area contributed by atoms with Crippen molar-refractivity contribution in [1.82, 2.24) is 15.3 Å². The predicted molar refractivity (Wildman–Crippen MR) is 93.5 cm³/mol. The van der Waals surface area contributed by atoms with Crippen LogP contribution < -0.4 is 14.8 Å². The smallest absolute Gasteiger partial charge is 0.231 e. The summed E-state index contributed by atoms with van der Waals surface area (Å²) in [6.07, 6.45) is 1.97. The zero-order valence-electron chi connectivity index (χ0n) is 13.3. The fourth-order valence-corrected chi connectivity index (χ4v) is 3.27. The van der Waals surface area contributed by atoms with Crippen LogP contribution in [-0.4, -0.2) is 22.7 Å². The standard InChI is InChI=1S/C18H15N3O3S/c22-17(20-9-12-4-5-15-16(7-12)24-11-23-15)8-13-10-25-18(21-13)14-3-1-2-6-19-14/h1-7,10H,8-9,11H2,(H,20,22). The molecular weight excluding hydrogens is 338 g/mol. The second-order valence-corrected chi connectivity index (χ2v) is 6.36. The van der Waals surface area contributed by atoms with Crippen LogP contribution >= 0.6 is 11.3 Å². The van der Waals surface area contributed by atoms with Gasteiger partial charge in [0.15, 0.2) is 11.5 Å². The number of nitrogens with zero attached hydrogens (tertiary/aromatic N) is 2. The van der Waals surface area contributed by atoms with E-state index in [9.17, 15) is 4.79 Å². The molecule has 1 N–H and O–H groups in total. The molecule has 0 radical (unpaired) electrons. The first kappa shape index (κ1) is 15.6. The molecule has 4 rings (SSSR count). The topological polar surface area (TPSA) is 73.3 Å². The van der Waals surface area contributed by atoms with Crippen LogP contribution in [0, 0.1) is 0 Å². The summed E-state index contributed by atoms with van der Waals surface area (Å²) in [6.45, 7) is 0.681. The highest BCUT2D eigenvalue weighted by atomic mass is 32.1. The van der Waals surface area contributed by atoms with Crippen molar-refractivity contribution in [2.75, 3.05) is 6.79 Å². The van der Waals surface area contributed by atoms with E-state index in [1.54, 1.807) is 6.20 Å². The Morgan fingerprint density at radius 1 is 1.20 bits per heavy atom. The molecule has 7 heteroatoms. The molecule has 0 atom stereocenters. The molecule has 0 bridgehead atoms. The summed E-state index contributed by atoms with van der Waals surface area (Å²) in [5.41, 5.74) is 2.53. The molecule has 0 saturated heterocycles. The quantitative estimate of drug-likeness (QED) is 0.763. The van der Waals surface area contributed by atoms with Crippen LogP contribution in [0.15, 0.2) is 48.0 Å². The molecule has 0 aliphatic carbocycles. The Morgan fingerprint density at radius 2 is 2.12 bits per heavy atom. The van der Waals surface area contributed by atoms with Crippen LogP contribution in [-0.2, 0) is 17.8 Å². The number of carbonyl (C=O) groups excluding carboxylic acids is 1. The maximum atomic E-state index is 12.1. The number of hydrogen-bond acceptors (Lipinski definition) is 6.